The van der Waals surface area contributed by atoms with E-state index in [1.165, 1.54) is 0 Å². The fourth-order valence-corrected chi connectivity index (χ4v) is 3.44. The van der Waals surface area contributed by atoms with Crippen LogP contribution in [0.4, 0.5) is 10.5 Å². The molecule has 0 atom stereocenters. The number of benzene rings is 1. The minimum Gasteiger partial charge on any atom is -0.481 e. The number of carboxylic acids is 1. The molecule has 0 aliphatic heterocycles. The zero-order chi connectivity index (χ0) is 18.7. The molecule has 1 heterocycles. The van der Waals surface area contributed by atoms with Crippen molar-refractivity contribution in [3.8, 4) is 5.69 Å². The quantitative estimate of drug-likeness (QED) is 0.783. The minimum atomic E-state index is -0.742. The van der Waals surface area contributed by atoms with Gasteiger partial charge in [-0.2, -0.15) is 5.10 Å². The number of carbonyl (C=O) groups is 2. The molecule has 0 spiro atoms. The summed E-state index contributed by atoms with van der Waals surface area (Å²) in [5.41, 5.74) is 3.54. The van der Waals surface area contributed by atoms with Gasteiger partial charge in [0.05, 0.1) is 17.3 Å². The Morgan fingerprint density at radius 3 is 2.50 bits per heavy atom. The van der Waals surface area contributed by atoms with E-state index in [2.05, 4.69) is 15.7 Å². The van der Waals surface area contributed by atoms with Crippen LogP contribution >= 0.6 is 0 Å². The lowest BCUT2D eigenvalue weighted by molar-refractivity contribution is -0.142. The SMILES string of the molecule is Cc1cc(C)n(-c2cccc(NC(=O)NC3CCC(C(=O)O)CC3)c2)n1. The Kier molecular flexibility index (Phi) is 5.25. The Morgan fingerprint density at radius 1 is 1.15 bits per heavy atom. The number of aromatic nitrogens is 2. The Morgan fingerprint density at radius 2 is 1.88 bits per heavy atom. The van der Waals surface area contributed by atoms with Crippen LogP contribution in [-0.2, 0) is 4.79 Å². The van der Waals surface area contributed by atoms with Crippen LogP contribution in [0.2, 0.25) is 0 Å². The summed E-state index contributed by atoms with van der Waals surface area (Å²) in [6.45, 7) is 3.93. The van der Waals surface area contributed by atoms with Gasteiger partial charge in [0.15, 0.2) is 0 Å². The van der Waals surface area contributed by atoms with Crippen LogP contribution in [0.3, 0.4) is 0 Å². The van der Waals surface area contributed by atoms with Crippen molar-refractivity contribution in [2.24, 2.45) is 5.92 Å². The minimum absolute atomic E-state index is 0.0183. The number of hydrogen-bond acceptors (Lipinski definition) is 3. The van der Waals surface area contributed by atoms with E-state index in [1.54, 1.807) is 0 Å². The average molecular weight is 356 g/mol. The molecule has 7 nitrogen and oxygen atoms in total. The zero-order valence-electron chi connectivity index (χ0n) is 15.0. The van der Waals surface area contributed by atoms with Crippen LogP contribution in [0.25, 0.3) is 5.69 Å². The highest BCUT2D eigenvalue weighted by molar-refractivity contribution is 5.89. The van der Waals surface area contributed by atoms with Gasteiger partial charge in [0, 0.05) is 17.4 Å². The Labute approximate surface area is 152 Å². The fourth-order valence-electron chi connectivity index (χ4n) is 3.44. The number of rotatable bonds is 4. The molecule has 2 aromatic rings. The molecular formula is C19H24N4O3. The van der Waals surface area contributed by atoms with Crippen LogP contribution in [0.5, 0.6) is 0 Å². The molecule has 2 amide bonds. The first kappa shape index (κ1) is 18.0. The molecule has 1 aromatic heterocycles. The highest BCUT2D eigenvalue weighted by Crippen LogP contribution is 2.24. The summed E-state index contributed by atoms with van der Waals surface area (Å²) < 4.78 is 1.84. The second-order valence-corrected chi connectivity index (χ2v) is 6.87. The number of aryl methyl sites for hydroxylation is 2. The van der Waals surface area contributed by atoms with E-state index in [0.29, 0.717) is 31.4 Å². The van der Waals surface area contributed by atoms with Gasteiger partial charge in [-0.05, 0) is 63.8 Å². The van der Waals surface area contributed by atoms with Gasteiger partial charge in [-0.1, -0.05) is 6.07 Å². The van der Waals surface area contributed by atoms with Gasteiger partial charge >= 0.3 is 12.0 Å². The first-order chi connectivity index (χ1) is 12.4. The molecule has 7 heteroatoms. The van der Waals surface area contributed by atoms with E-state index >= 15 is 0 Å². The number of carbonyl (C=O) groups excluding carboxylic acids is 1. The average Bonchev–Trinajstić information content (AvgIpc) is 2.94. The van der Waals surface area contributed by atoms with Crippen molar-refractivity contribution in [3.05, 3.63) is 41.7 Å². The number of hydrogen-bond donors (Lipinski definition) is 3. The fraction of sp³-hybridized carbons (Fsp3) is 0.421. The third kappa shape index (κ3) is 4.22. The van der Waals surface area contributed by atoms with Crippen molar-refractivity contribution in [1.29, 1.82) is 0 Å². The molecule has 1 fully saturated rings. The first-order valence-electron chi connectivity index (χ1n) is 8.86. The van der Waals surface area contributed by atoms with Crippen molar-refractivity contribution in [1.82, 2.24) is 15.1 Å². The van der Waals surface area contributed by atoms with Gasteiger partial charge in [-0.3, -0.25) is 4.79 Å². The van der Waals surface area contributed by atoms with Gasteiger partial charge in [0.2, 0.25) is 0 Å². The number of urea groups is 1. The summed E-state index contributed by atoms with van der Waals surface area (Å²) in [4.78, 5) is 23.2. The highest BCUT2D eigenvalue weighted by Gasteiger charge is 2.26. The summed E-state index contributed by atoms with van der Waals surface area (Å²) in [5.74, 6) is -1.03. The maximum absolute atomic E-state index is 12.3. The summed E-state index contributed by atoms with van der Waals surface area (Å²) in [6.07, 6.45) is 2.59. The van der Waals surface area contributed by atoms with E-state index in [9.17, 15) is 9.59 Å². The van der Waals surface area contributed by atoms with Crippen molar-refractivity contribution in [2.45, 2.75) is 45.6 Å². The van der Waals surface area contributed by atoms with Gasteiger partial charge in [0.1, 0.15) is 0 Å². The second kappa shape index (κ2) is 7.59. The lowest BCUT2D eigenvalue weighted by atomic mass is 9.86. The number of carboxylic acid groups (broad SMARTS) is 1. The molecule has 138 valence electrons. The molecule has 3 N–H and O–H groups in total. The van der Waals surface area contributed by atoms with Crippen LogP contribution < -0.4 is 10.6 Å². The number of anilines is 1. The predicted molar refractivity (Wildman–Crippen MR) is 98.6 cm³/mol. The van der Waals surface area contributed by atoms with Crippen molar-refractivity contribution in [3.63, 3.8) is 0 Å². The van der Waals surface area contributed by atoms with Crippen molar-refractivity contribution in [2.75, 3.05) is 5.32 Å². The standard InChI is InChI=1S/C19H24N4O3/c1-12-10-13(2)23(22-12)17-5-3-4-16(11-17)21-19(26)20-15-8-6-14(7-9-15)18(24)25/h3-5,10-11,14-15H,6-9H2,1-2H3,(H,24,25)(H2,20,21,26). The predicted octanol–water partition coefficient (Wildman–Crippen LogP) is 3.25. The lowest BCUT2D eigenvalue weighted by Crippen LogP contribution is -2.41. The summed E-state index contributed by atoms with van der Waals surface area (Å²) >= 11 is 0. The molecular weight excluding hydrogens is 332 g/mol. The topological polar surface area (TPSA) is 96.2 Å². The molecule has 1 aliphatic rings. The molecule has 0 saturated heterocycles. The highest BCUT2D eigenvalue weighted by atomic mass is 16.4. The lowest BCUT2D eigenvalue weighted by Gasteiger charge is -2.26. The van der Waals surface area contributed by atoms with Gasteiger partial charge in [-0.25, -0.2) is 9.48 Å². The monoisotopic (exact) mass is 356 g/mol. The van der Waals surface area contributed by atoms with Crippen LogP contribution in [0.1, 0.15) is 37.1 Å². The van der Waals surface area contributed by atoms with E-state index in [-0.39, 0.29) is 18.0 Å². The smallest absolute Gasteiger partial charge is 0.319 e. The maximum atomic E-state index is 12.3. The number of nitrogens with zero attached hydrogens (tertiary/aromatic N) is 2. The molecule has 1 saturated carbocycles. The molecule has 0 unspecified atom stereocenters. The number of amides is 2. The largest absolute Gasteiger partial charge is 0.481 e. The van der Waals surface area contributed by atoms with Crippen LogP contribution in [0.15, 0.2) is 30.3 Å². The number of nitrogens with one attached hydrogen (secondary N) is 2. The molecule has 0 bridgehead atoms. The molecule has 1 aliphatic carbocycles. The van der Waals surface area contributed by atoms with Gasteiger partial charge in [-0.15, -0.1) is 0 Å². The molecule has 0 radical (unpaired) electrons. The zero-order valence-corrected chi connectivity index (χ0v) is 15.0. The molecule has 26 heavy (non-hydrogen) atoms. The second-order valence-electron chi connectivity index (χ2n) is 6.87. The third-order valence-corrected chi connectivity index (χ3v) is 4.77. The van der Waals surface area contributed by atoms with Crippen LogP contribution in [0, 0.1) is 19.8 Å². The number of aliphatic carboxylic acids is 1. The Hall–Kier alpha value is -2.83. The van der Waals surface area contributed by atoms with E-state index in [4.69, 9.17) is 5.11 Å². The van der Waals surface area contributed by atoms with Gasteiger partial charge < -0.3 is 15.7 Å². The maximum Gasteiger partial charge on any atom is 0.319 e. The van der Waals surface area contributed by atoms with Gasteiger partial charge in [0.25, 0.3) is 0 Å². The summed E-state index contributed by atoms with van der Waals surface area (Å²) in [6, 6.07) is 9.27. The van der Waals surface area contributed by atoms with E-state index in [1.807, 2.05) is 48.9 Å². The van der Waals surface area contributed by atoms with Crippen molar-refractivity contribution < 1.29 is 14.7 Å². The van der Waals surface area contributed by atoms with Crippen LogP contribution in [-0.4, -0.2) is 32.9 Å². The first-order valence-corrected chi connectivity index (χ1v) is 8.86. The molecule has 1 aromatic carbocycles. The van der Waals surface area contributed by atoms with E-state index in [0.717, 1.165) is 17.1 Å². The van der Waals surface area contributed by atoms with E-state index < -0.39 is 5.97 Å². The third-order valence-electron chi connectivity index (χ3n) is 4.77. The normalized spacial score (nSPS) is 19.8. The summed E-state index contributed by atoms with van der Waals surface area (Å²) in [5, 5.41) is 19.3. The Bertz CT molecular complexity index is 807. The Balaban J connectivity index is 1.59. The molecule has 3 rings (SSSR count). The summed E-state index contributed by atoms with van der Waals surface area (Å²) in [7, 11) is 0. The van der Waals surface area contributed by atoms with Crippen molar-refractivity contribution >= 4 is 17.7 Å².